The van der Waals surface area contributed by atoms with E-state index in [1.165, 1.54) is 25.9 Å². The summed E-state index contributed by atoms with van der Waals surface area (Å²) in [7, 11) is 0. The van der Waals surface area contributed by atoms with E-state index in [0.29, 0.717) is 11.6 Å². The highest BCUT2D eigenvalue weighted by Crippen LogP contribution is 2.26. The Bertz CT molecular complexity index is 364. The molecule has 94 valence electrons. The summed E-state index contributed by atoms with van der Waals surface area (Å²) in [6, 6.07) is 5.45. The first-order chi connectivity index (χ1) is 8.27. The Morgan fingerprint density at radius 1 is 1.29 bits per heavy atom. The van der Waals surface area contributed by atoms with Gasteiger partial charge in [0.25, 0.3) is 0 Å². The lowest BCUT2D eigenvalue weighted by Crippen LogP contribution is -2.29. The number of aromatic hydroxyl groups is 1. The summed E-state index contributed by atoms with van der Waals surface area (Å²) < 4.78 is 0. The SMILES string of the molecule is Oc1c(Cl)cccc1CNCCN1CCCC1. The second kappa shape index (κ2) is 6.24. The van der Waals surface area contributed by atoms with Gasteiger partial charge in [-0.1, -0.05) is 23.7 Å². The minimum absolute atomic E-state index is 0.197. The van der Waals surface area contributed by atoms with Gasteiger partial charge in [-0.25, -0.2) is 0 Å². The molecule has 1 heterocycles. The molecule has 0 aliphatic carbocycles. The van der Waals surface area contributed by atoms with Crippen LogP contribution in [0.15, 0.2) is 18.2 Å². The summed E-state index contributed by atoms with van der Waals surface area (Å²) in [6.07, 6.45) is 2.66. The van der Waals surface area contributed by atoms with Crippen LogP contribution in [-0.4, -0.2) is 36.2 Å². The van der Waals surface area contributed by atoms with Crippen molar-refractivity contribution in [1.29, 1.82) is 0 Å². The van der Waals surface area contributed by atoms with E-state index in [4.69, 9.17) is 11.6 Å². The minimum Gasteiger partial charge on any atom is -0.506 e. The van der Waals surface area contributed by atoms with E-state index in [-0.39, 0.29) is 5.75 Å². The monoisotopic (exact) mass is 254 g/mol. The highest BCUT2D eigenvalue weighted by molar-refractivity contribution is 6.32. The van der Waals surface area contributed by atoms with Crippen molar-refractivity contribution in [1.82, 2.24) is 10.2 Å². The van der Waals surface area contributed by atoms with Gasteiger partial charge in [-0.15, -0.1) is 0 Å². The Morgan fingerprint density at radius 2 is 2.06 bits per heavy atom. The van der Waals surface area contributed by atoms with Crippen LogP contribution in [0.4, 0.5) is 0 Å². The van der Waals surface area contributed by atoms with Crippen molar-refractivity contribution in [2.75, 3.05) is 26.2 Å². The Morgan fingerprint density at radius 3 is 2.82 bits per heavy atom. The molecule has 2 N–H and O–H groups in total. The van der Waals surface area contributed by atoms with Crippen LogP contribution < -0.4 is 5.32 Å². The lowest BCUT2D eigenvalue weighted by atomic mass is 10.2. The molecule has 1 aromatic carbocycles. The van der Waals surface area contributed by atoms with Crippen molar-refractivity contribution in [2.24, 2.45) is 0 Å². The molecular weight excluding hydrogens is 236 g/mol. The number of phenols is 1. The number of hydrogen-bond acceptors (Lipinski definition) is 3. The first-order valence-electron chi connectivity index (χ1n) is 6.17. The Hall–Kier alpha value is -0.770. The molecule has 0 radical (unpaired) electrons. The average Bonchev–Trinajstić information content (AvgIpc) is 2.83. The molecule has 4 heteroatoms. The number of likely N-dealkylation sites (tertiary alicyclic amines) is 1. The van der Waals surface area contributed by atoms with Gasteiger partial charge >= 0.3 is 0 Å². The molecule has 0 bridgehead atoms. The predicted molar refractivity (Wildman–Crippen MR) is 70.5 cm³/mol. The second-order valence-electron chi connectivity index (χ2n) is 4.47. The summed E-state index contributed by atoms with van der Waals surface area (Å²) in [4.78, 5) is 2.46. The van der Waals surface area contributed by atoms with E-state index in [1.54, 1.807) is 6.07 Å². The number of nitrogens with zero attached hydrogens (tertiary/aromatic N) is 1. The number of para-hydroxylation sites is 1. The van der Waals surface area contributed by atoms with Crippen molar-refractivity contribution < 1.29 is 5.11 Å². The normalized spacial score (nSPS) is 16.5. The summed E-state index contributed by atoms with van der Waals surface area (Å²) in [6.45, 7) is 5.15. The van der Waals surface area contributed by atoms with Gasteiger partial charge in [-0.05, 0) is 32.0 Å². The predicted octanol–water partition coefficient (Wildman–Crippen LogP) is 2.23. The van der Waals surface area contributed by atoms with Crippen molar-refractivity contribution in [3.05, 3.63) is 28.8 Å². The minimum atomic E-state index is 0.197. The van der Waals surface area contributed by atoms with Crippen LogP contribution in [0.3, 0.4) is 0 Å². The molecule has 2 rings (SSSR count). The summed E-state index contributed by atoms with van der Waals surface area (Å²) in [5.74, 6) is 0.197. The number of halogens is 1. The van der Waals surface area contributed by atoms with E-state index in [9.17, 15) is 5.11 Å². The number of nitrogens with one attached hydrogen (secondary N) is 1. The molecule has 0 aromatic heterocycles. The number of benzene rings is 1. The van der Waals surface area contributed by atoms with Gasteiger partial charge in [0.15, 0.2) is 0 Å². The average molecular weight is 255 g/mol. The first kappa shape index (κ1) is 12.7. The fraction of sp³-hybridized carbons (Fsp3) is 0.538. The molecule has 0 saturated carbocycles. The van der Waals surface area contributed by atoms with Gasteiger partial charge in [0.2, 0.25) is 0 Å². The van der Waals surface area contributed by atoms with Crippen LogP contribution in [0.5, 0.6) is 5.75 Å². The standard InChI is InChI=1S/C13H19ClN2O/c14-12-5-3-4-11(13(12)17)10-15-6-9-16-7-1-2-8-16/h3-5,15,17H,1-2,6-10H2. The quantitative estimate of drug-likeness (QED) is 0.791. The van der Waals surface area contributed by atoms with E-state index in [1.807, 2.05) is 12.1 Å². The molecule has 17 heavy (non-hydrogen) atoms. The largest absolute Gasteiger partial charge is 0.506 e. The van der Waals surface area contributed by atoms with Crippen LogP contribution in [0.1, 0.15) is 18.4 Å². The Kier molecular flexibility index (Phi) is 4.66. The smallest absolute Gasteiger partial charge is 0.138 e. The van der Waals surface area contributed by atoms with E-state index in [0.717, 1.165) is 18.7 Å². The van der Waals surface area contributed by atoms with Crippen molar-refractivity contribution >= 4 is 11.6 Å². The van der Waals surface area contributed by atoms with Crippen LogP contribution in [0, 0.1) is 0 Å². The molecule has 0 atom stereocenters. The van der Waals surface area contributed by atoms with E-state index in [2.05, 4.69) is 10.2 Å². The molecular formula is C13H19ClN2O. The van der Waals surface area contributed by atoms with Crippen molar-refractivity contribution in [2.45, 2.75) is 19.4 Å². The van der Waals surface area contributed by atoms with Gasteiger partial charge < -0.3 is 15.3 Å². The third kappa shape index (κ3) is 3.60. The Labute approximate surface area is 107 Å². The number of hydrogen-bond donors (Lipinski definition) is 2. The molecule has 1 fully saturated rings. The zero-order chi connectivity index (χ0) is 12.1. The van der Waals surface area contributed by atoms with Gasteiger partial charge in [-0.2, -0.15) is 0 Å². The van der Waals surface area contributed by atoms with Gasteiger partial charge in [-0.3, -0.25) is 0 Å². The molecule has 0 amide bonds. The molecule has 1 saturated heterocycles. The van der Waals surface area contributed by atoms with Crippen LogP contribution in [0.25, 0.3) is 0 Å². The van der Waals surface area contributed by atoms with Crippen molar-refractivity contribution in [3.63, 3.8) is 0 Å². The first-order valence-corrected chi connectivity index (χ1v) is 6.54. The molecule has 3 nitrogen and oxygen atoms in total. The third-order valence-electron chi connectivity index (χ3n) is 3.19. The zero-order valence-electron chi connectivity index (χ0n) is 9.95. The topological polar surface area (TPSA) is 35.5 Å². The summed E-state index contributed by atoms with van der Waals surface area (Å²) in [5, 5.41) is 13.5. The van der Waals surface area contributed by atoms with Crippen LogP contribution in [-0.2, 0) is 6.54 Å². The highest BCUT2D eigenvalue weighted by Gasteiger charge is 2.10. The molecule has 1 aliphatic rings. The highest BCUT2D eigenvalue weighted by atomic mass is 35.5. The van der Waals surface area contributed by atoms with E-state index < -0.39 is 0 Å². The summed E-state index contributed by atoms with van der Waals surface area (Å²) >= 11 is 5.84. The van der Waals surface area contributed by atoms with E-state index >= 15 is 0 Å². The van der Waals surface area contributed by atoms with Gasteiger partial charge in [0.1, 0.15) is 5.75 Å². The fourth-order valence-electron chi connectivity index (χ4n) is 2.17. The number of phenolic OH excluding ortho intramolecular Hbond substituents is 1. The zero-order valence-corrected chi connectivity index (χ0v) is 10.7. The van der Waals surface area contributed by atoms with Crippen molar-refractivity contribution in [3.8, 4) is 5.75 Å². The maximum atomic E-state index is 9.73. The molecule has 0 unspecified atom stereocenters. The van der Waals surface area contributed by atoms with Gasteiger partial charge in [0, 0.05) is 25.2 Å². The third-order valence-corrected chi connectivity index (χ3v) is 3.49. The van der Waals surface area contributed by atoms with Crippen LogP contribution >= 0.6 is 11.6 Å². The molecule has 1 aromatic rings. The molecule has 1 aliphatic heterocycles. The number of rotatable bonds is 5. The lowest BCUT2D eigenvalue weighted by Gasteiger charge is -2.15. The maximum absolute atomic E-state index is 9.73. The van der Waals surface area contributed by atoms with Crippen LogP contribution in [0.2, 0.25) is 5.02 Å². The maximum Gasteiger partial charge on any atom is 0.138 e. The molecule has 0 spiro atoms. The van der Waals surface area contributed by atoms with Gasteiger partial charge in [0.05, 0.1) is 5.02 Å². The Balaban J connectivity index is 1.72. The summed E-state index contributed by atoms with van der Waals surface area (Å²) in [5.41, 5.74) is 0.860. The second-order valence-corrected chi connectivity index (χ2v) is 4.88. The fourth-order valence-corrected chi connectivity index (χ4v) is 2.36. The lowest BCUT2D eigenvalue weighted by molar-refractivity contribution is 0.335.